The number of nitrogens with zero attached hydrogens (tertiary/aromatic N) is 4. The molecule has 0 aliphatic carbocycles. The number of nitrogens with one attached hydrogen (secondary N) is 1. The van der Waals surface area contributed by atoms with Crippen molar-refractivity contribution in [2.24, 2.45) is 5.92 Å². The quantitative estimate of drug-likeness (QED) is 0.932. The number of aryl methyl sites for hydroxylation is 1. The minimum atomic E-state index is -0.334. The molecule has 2 aromatic rings. The Morgan fingerprint density at radius 1 is 1.36 bits per heavy atom. The highest BCUT2D eigenvalue weighted by Crippen LogP contribution is 2.22. The standard InChI is InChI=1S/C19H21N5O/c1-13-6-5-9-24(12-13)18-10-17(21-14(2)22-18)19(25)23-16-8-4-3-7-15(16)11-20/h3-4,7-8,10,13H,5-6,9,12H2,1-2H3,(H,23,25). The summed E-state index contributed by atoms with van der Waals surface area (Å²) in [5, 5.41) is 11.9. The average molecular weight is 335 g/mol. The van der Waals surface area contributed by atoms with Crippen LogP contribution in [0.4, 0.5) is 11.5 Å². The van der Waals surface area contributed by atoms with Gasteiger partial charge in [-0.15, -0.1) is 0 Å². The lowest BCUT2D eigenvalue weighted by molar-refractivity contribution is 0.102. The van der Waals surface area contributed by atoms with E-state index in [1.165, 1.54) is 6.42 Å². The monoisotopic (exact) mass is 335 g/mol. The van der Waals surface area contributed by atoms with Crippen molar-refractivity contribution >= 4 is 17.4 Å². The van der Waals surface area contributed by atoms with E-state index in [-0.39, 0.29) is 5.91 Å². The van der Waals surface area contributed by atoms with E-state index >= 15 is 0 Å². The van der Waals surface area contributed by atoms with Crippen LogP contribution in [0, 0.1) is 24.2 Å². The molecule has 1 atom stereocenters. The van der Waals surface area contributed by atoms with Gasteiger partial charge in [0.15, 0.2) is 0 Å². The predicted octanol–water partition coefficient (Wildman–Crippen LogP) is 3.15. The SMILES string of the molecule is Cc1nc(C(=O)Nc2ccccc2C#N)cc(N2CCCC(C)C2)n1. The van der Waals surface area contributed by atoms with E-state index in [1.54, 1.807) is 37.3 Å². The van der Waals surface area contributed by atoms with Gasteiger partial charge in [0.1, 0.15) is 23.4 Å². The summed E-state index contributed by atoms with van der Waals surface area (Å²) in [7, 11) is 0. The number of hydrogen-bond donors (Lipinski definition) is 1. The van der Waals surface area contributed by atoms with Gasteiger partial charge in [0.05, 0.1) is 11.3 Å². The van der Waals surface area contributed by atoms with Gasteiger partial charge in [0.25, 0.3) is 5.91 Å². The van der Waals surface area contributed by atoms with E-state index in [4.69, 9.17) is 5.26 Å². The Hall–Kier alpha value is -2.94. The number of aromatic nitrogens is 2. The summed E-state index contributed by atoms with van der Waals surface area (Å²) < 4.78 is 0. The maximum atomic E-state index is 12.6. The number of carbonyl (C=O) groups is 1. The van der Waals surface area contributed by atoms with Crippen molar-refractivity contribution in [2.45, 2.75) is 26.7 Å². The van der Waals surface area contributed by atoms with E-state index in [1.807, 2.05) is 0 Å². The molecule has 0 radical (unpaired) electrons. The van der Waals surface area contributed by atoms with Crippen molar-refractivity contribution in [3.63, 3.8) is 0 Å². The maximum absolute atomic E-state index is 12.6. The number of amides is 1. The molecule has 1 N–H and O–H groups in total. The molecule has 2 heterocycles. The van der Waals surface area contributed by atoms with Crippen LogP contribution in [0.25, 0.3) is 0 Å². The third-order valence-electron chi connectivity index (χ3n) is 4.33. The third kappa shape index (κ3) is 3.94. The first-order valence-corrected chi connectivity index (χ1v) is 8.48. The molecule has 1 saturated heterocycles. The highest BCUT2D eigenvalue weighted by Gasteiger charge is 2.20. The summed E-state index contributed by atoms with van der Waals surface area (Å²) in [4.78, 5) is 23.6. The minimum absolute atomic E-state index is 0.313. The topological polar surface area (TPSA) is 81.9 Å². The number of nitriles is 1. The average Bonchev–Trinajstić information content (AvgIpc) is 2.61. The van der Waals surface area contributed by atoms with Crippen molar-refractivity contribution in [1.82, 2.24) is 9.97 Å². The predicted molar refractivity (Wildman–Crippen MR) is 96.5 cm³/mol. The van der Waals surface area contributed by atoms with Crippen LogP contribution < -0.4 is 10.2 Å². The van der Waals surface area contributed by atoms with E-state index in [0.29, 0.717) is 28.7 Å². The highest BCUT2D eigenvalue weighted by atomic mass is 16.1. The number of para-hydroxylation sites is 1. The number of piperidine rings is 1. The Balaban J connectivity index is 1.84. The van der Waals surface area contributed by atoms with Crippen molar-refractivity contribution in [1.29, 1.82) is 5.26 Å². The Morgan fingerprint density at radius 3 is 2.92 bits per heavy atom. The van der Waals surface area contributed by atoms with Gasteiger partial charge in [-0.05, 0) is 37.8 Å². The van der Waals surface area contributed by atoms with Gasteiger partial charge in [-0.2, -0.15) is 5.26 Å². The Kier molecular flexibility index (Phi) is 4.94. The number of rotatable bonds is 3. The van der Waals surface area contributed by atoms with Crippen LogP contribution in [0.1, 0.15) is 41.6 Å². The van der Waals surface area contributed by atoms with Gasteiger partial charge >= 0.3 is 0 Å². The van der Waals surface area contributed by atoms with Crippen LogP contribution in [-0.2, 0) is 0 Å². The van der Waals surface area contributed by atoms with Gasteiger partial charge in [-0.3, -0.25) is 4.79 Å². The normalized spacial score (nSPS) is 17.0. The molecule has 1 unspecified atom stereocenters. The molecule has 1 aliphatic heterocycles. The van der Waals surface area contributed by atoms with Gasteiger partial charge in [0, 0.05) is 19.2 Å². The van der Waals surface area contributed by atoms with Crippen LogP contribution >= 0.6 is 0 Å². The molecule has 6 heteroatoms. The van der Waals surface area contributed by atoms with Gasteiger partial charge < -0.3 is 10.2 Å². The van der Waals surface area contributed by atoms with Crippen LogP contribution in [-0.4, -0.2) is 29.0 Å². The summed E-state index contributed by atoms with van der Waals surface area (Å²) in [6.07, 6.45) is 2.35. The number of benzene rings is 1. The second kappa shape index (κ2) is 7.31. The fraction of sp³-hybridized carbons (Fsp3) is 0.368. The van der Waals surface area contributed by atoms with Crippen molar-refractivity contribution in [3.8, 4) is 6.07 Å². The first-order chi connectivity index (χ1) is 12.1. The third-order valence-corrected chi connectivity index (χ3v) is 4.33. The summed E-state index contributed by atoms with van der Waals surface area (Å²) >= 11 is 0. The molecule has 6 nitrogen and oxygen atoms in total. The lowest BCUT2D eigenvalue weighted by atomic mass is 10.0. The summed E-state index contributed by atoms with van der Waals surface area (Å²) in [5.41, 5.74) is 1.22. The molecule has 1 amide bonds. The van der Waals surface area contributed by atoms with Crippen molar-refractivity contribution in [3.05, 3.63) is 47.4 Å². The summed E-state index contributed by atoms with van der Waals surface area (Å²) in [6, 6.07) is 10.7. The summed E-state index contributed by atoms with van der Waals surface area (Å²) in [5.74, 6) is 1.63. The number of carbonyl (C=O) groups excluding carboxylic acids is 1. The van der Waals surface area contributed by atoms with Crippen LogP contribution in [0.2, 0.25) is 0 Å². The molecule has 25 heavy (non-hydrogen) atoms. The molecule has 1 aromatic carbocycles. The molecule has 3 rings (SSSR count). The van der Waals surface area contributed by atoms with E-state index in [2.05, 4.69) is 33.2 Å². The molecule has 1 fully saturated rings. The first-order valence-electron chi connectivity index (χ1n) is 8.48. The van der Waals surface area contributed by atoms with Gasteiger partial charge in [0.2, 0.25) is 0 Å². The molecule has 128 valence electrons. The molecule has 1 aliphatic rings. The fourth-order valence-corrected chi connectivity index (χ4v) is 3.10. The van der Waals surface area contributed by atoms with Crippen molar-refractivity contribution < 1.29 is 4.79 Å². The van der Waals surface area contributed by atoms with Crippen LogP contribution in [0.15, 0.2) is 30.3 Å². The van der Waals surface area contributed by atoms with Crippen molar-refractivity contribution in [2.75, 3.05) is 23.3 Å². The number of hydrogen-bond acceptors (Lipinski definition) is 5. The molecular weight excluding hydrogens is 314 g/mol. The highest BCUT2D eigenvalue weighted by molar-refractivity contribution is 6.04. The van der Waals surface area contributed by atoms with E-state index < -0.39 is 0 Å². The molecule has 0 bridgehead atoms. The second-order valence-electron chi connectivity index (χ2n) is 6.46. The minimum Gasteiger partial charge on any atom is -0.356 e. The van der Waals surface area contributed by atoms with E-state index in [0.717, 1.165) is 25.3 Å². The Morgan fingerprint density at radius 2 is 2.16 bits per heavy atom. The largest absolute Gasteiger partial charge is 0.356 e. The molecule has 0 saturated carbocycles. The van der Waals surface area contributed by atoms with Crippen LogP contribution in [0.3, 0.4) is 0 Å². The first kappa shape index (κ1) is 16.9. The fourth-order valence-electron chi connectivity index (χ4n) is 3.10. The van der Waals surface area contributed by atoms with E-state index in [9.17, 15) is 4.79 Å². The maximum Gasteiger partial charge on any atom is 0.274 e. The Bertz CT molecular complexity index is 827. The zero-order valence-electron chi connectivity index (χ0n) is 14.5. The zero-order valence-corrected chi connectivity index (χ0v) is 14.5. The number of anilines is 2. The van der Waals surface area contributed by atoms with Gasteiger partial charge in [-0.25, -0.2) is 9.97 Å². The summed E-state index contributed by atoms with van der Waals surface area (Å²) in [6.45, 7) is 5.90. The smallest absolute Gasteiger partial charge is 0.274 e. The molecular formula is C19H21N5O. The lowest BCUT2D eigenvalue weighted by Crippen LogP contribution is -2.35. The zero-order chi connectivity index (χ0) is 17.8. The molecule has 0 spiro atoms. The molecule has 1 aromatic heterocycles. The Labute approximate surface area is 147 Å². The van der Waals surface area contributed by atoms with Crippen LogP contribution in [0.5, 0.6) is 0 Å². The van der Waals surface area contributed by atoms with Gasteiger partial charge in [-0.1, -0.05) is 19.1 Å². The lowest BCUT2D eigenvalue weighted by Gasteiger charge is -2.32. The second-order valence-corrected chi connectivity index (χ2v) is 6.46.